The molecule has 0 saturated carbocycles. The Bertz CT molecular complexity index is 1020. The van der Waals surface area contributed by atoms with E-state index in [-0.39, 0.29) is 0 Å². The van der Waals surface area contributed by atoms with E-state index in [0.717, 1.165) is 35.3 Å². The number of rotatable bonds is 3. The maximum absolute atomic E-state index is 5.70. The molecule has 1 aliphatic heterocycles. The topological polar surface area (TPSA) is 18.5 Å². The van der Waals surface area contributed by atoms with Crippen molar-refractivity contribution < 1.29 is 9.47 Å². The molecule has 1 atom stereocenters. The smallest absolute Gasteiger partial charge is 0.230 e. The average molecular weight is 488 g/mol. The number of allylic oxidation sites excluding steroid dienone is 7. The van der Waals surface area contributed by atoms with Gasteiger partial charge in [0.1, 0.15) is 5.76 Å². The largest absolute Gasteiger partial charge is 0.458 e. The van der Waals surface area contributed by atoms with Gasteiger partial charge in [0, 0.05) is 16.8 Å². The van der Waals surface area contributed by atoms with Gasteiger partial charge in [0.05, 0.1) is 4.48 Å². The van der Waals surface area contributed by atoms with Gasteiger partial charge in [0.25, 0.3) is 0 Å². The summed E-state index contributed by atoms with van der Waals surface area (Å²) >= 11 is 7.44. The molecule has 0 amide bonds. The first-order valence-corrected chi connectivity index (χ1v) is 10.9. The van der Waals surface area contributed by atoms with Crippen molar-refractivity contribution in [3.8, 4) is 0 Å². The van der Waals surface area contributed by atoms with Crippen LogP contribution < -0.4 is 0 Å². The highest BCUT2D eigenvalue weighted by atomic mass is 79.9. The summed E-state index contributed by atoms with van der Waals surface area (Å²) < 4.78 is 13.6. The molecule has 0 fully saturated rings. The number of hydrogen-bond acceptors (Lipinski definition) is 2. The van der Waals surface area contributed by atoms with Crippen molar-refractivity contribution >= 4 is 37.9 Å². The van der Waals surface area contributed by atoms with Gasteiger partial charge >= 0.3 is 0 Å². The maximum Gasteiger partial charge on any atom is 0.230 e. The van der Waals surface area contributed by atoms with Gasteiger partial charge in [-0.05, 0) is 82.1 Å². The summed E-state index contributed by atoms with van der Waals surface area (Å²) in [7, 11) is 0. The molecular formula is C23H20Br2O2. The molecule has 0 bridgehead atoms. The molecule has 1 heterocycles. The van der Waals surface area contributed by atoms with Crippen LogP contribution in [0.3, 0.4) is 0 Å². The van der Waals surface area contributed by atoms with E-state index < -0.39 is 0 Å². The van der Waals surface area contributed by atoms with Crippen molar-refractivity contribution in [1.29, 1.82) is 0 Å². The number of fused-ring (bicyclic) bond motifs is 2. The molecule has 0 N–H and O–H groups in total. The lowest BCUT2D eigenvalue weighted by molar-refractivity contribution is 0.0734. The predicted octanol–water partition coefficient (Wildman–Crippen LogP) is 7.25. The molecular weight excluding hydrogens is 468 g/mol. The third kappa shape index (κ3) is 2.72. The first kappa shape index (κ1) is 17.6. The highest BCUT2D eigenvalue weighted by Crippen LogP contribution is 2.49. The standard InChI is InChI=1S/C23H20Br2O2/c1-12-8-18-16(4-3-5-20(18)24)14(12)6-7-15-13(2)9-19-17(15)10-21-23(22(19)25)27-11-26-21/h3-5,8-9,14H,6-7,10-11H2,1-2H3. The molecule has 4 heteroatoms. The van der Waals surface area contributed by atoms with Gasteiger partial charge in [-0.1, -0.05) is 45.8 Å². The van der Waals surface area contributed by atoms with Gasteiger partial charge in [-0.2, -0.15) is 0 Å². The van der Waals surface area contributed by atoms with Crippen LogP contribution in [-0.4, -0.2) is 6.79 Å². The van der Waals surface area contributed by atoms with Crippen LogP contribution in [0.25, 0.3) is 6.08 Å². The summed E-state index contributed by atoms with van der Waals surface area (Å²) in [5.74, 6) is 2.35. The van der Waals surface area contributed by atoms with Gasteiger partial charge in [-0.3, -0.25) is 0 Å². The number of ether oxygens (including phenoxy) is 2. The zero-order chi connectivity index (χ0) is 18.7. The molecule has 0 spiro atoms. The number of halogens is 2. The normalized spacial score (nSPS) is 23.0. The molecule has 1 unspecified atom stereocenters. The van der Waals surface area contributed by atoms with Gasteiger partial charge in [0.15, 0.2) is 5.76 Å². The first-order valence-electron chi connectivity index (χ1n) is 9.31. The van der Waals surface area contributed by atoms with E-state index in [1.165, 1.54) is 43.5 Å². The fourth-order valence-corrected chi connectivity index (χ4v) is 5.88. The van der Waals surface area contributed by atoms with E-state index in [1.54, 1.807) is 0 Å². The quantitative estimate of drug-likeness (QED) is 0.446. The third-order valence-electron chi connectivity index (χ3n) is 6.06. The van der Waals surface area contributed by atoms with Crippen molar-refractivity contribution in [2.75, 3.05) is 6.79 Å². The van der Waals surface area contributed by atoms with Crippen molar-refractivity contribution in [2.24, 2.45) is 0 Å². The van der Waals surface area contributed by atoms with Crippen molar-refractivity contribution in [1.82, 2.24) is 0 Å². The Morgan fingerprint density at radius 2 is 1.96 bits per heavy atom. The van der Waals surface area contributed by atoms with Gasteiger partial charge in [-0.15, -0.1) is 0 Å². The van der Waals surface area contributed by atoms with Crippen LogP contribution in [0, 0.1) is 0 Å². The Morgan fingerprint density at radius 1 is 1.11 bits per heavy atom. The summed E-state index contributed by atoms with van der Waals surface area (Å²) in [5, 5.41) is 0. The minimum absolute atomic E-state index is 0.329. The molecule has 27 heavy (non-hydrogen) atoms. The molecule has 0 saturated heterocycles. The summed E-state index contributed by atoms with van der Waals surface area (Å²) in [5.41, 5.74) is 9.77. The summed E-state index contributed by atoms with van der Waals surface area (Å²) in [4.78, 5) is 0. The molecule has 0 aromatic heterocycles. The third-order valence-corrected chi connectivity index (χ3v) is 7.53. The lowest BCUT2D eigenvalue weighted by Gasteiger charge is -2.19. The van der Waals surface area contributed by atoms with E-state index in [0.29, 0.717) is 12.7 Å². The minimum Gasteiger partial charge on any atom is -0.458 e. The Morgan fingerprint density at radius 3 is 2.81 bits per heavy atom. The highest BCUT2D eigenvalue weighted by Gasteiger charge is 2.34. The highest BCUT2D eigenvalue weighted by molar-refractivity contribution is 9.12. The van der Waals surface area contributed by atoms with Gasteiger partial charge in [-0.25, -0.2) is 0 Å². The molecule has 3 aliphatic carbocycles. The van der Waals surface area contributed by atoms with Crippen molar-refractivity contribution in [3.05, 3.63) is 83.7 Å². The fraction of sp³-hybridized carbons (Fsp3) is 0.304. The van der Waals surface area contributed by atoms with Gasteiger partial charge in [0.2, 0.25) is 6.79 Å². The summed E-state index contributed by atoms with van der Waals surface area (Å²) in [6.45, 7) is 4.81. The number of benzene rings is 1. The minimum atomic E-state index is 0.329. The van der Waals surface area contributed by atoms with E-state index in [4.69, 9.17) is 9.47 Å². The predicted molar refractivity (Wildman–Crippen MR) is 115 cm³/mol. The molecule has 138 valence electrons. The monoisotopic (exact) mass is 486 g/mol. The van der Waals surface area contributed by atoms with Crippen LogP contribution in [0.5, 0.6) is 0 Å². The molecule has 2 nitrogen and oxygen atoms in total. The Kier molecular flexibility index (Phi) is 4.25. The maximum atomic E-state index is 5.70. The van der Waals surface area contributed by atoms with Crippen molar-refractivity contribution in [2.45, 2.75) is 39.0 Å². The van der Waals surface area contributed by atoms with E-state index in [1.807, 2.05) is 0 Å². The van der Waals surface area contributed by atoms with E-state index in [2.05, 4.69) is 76.1 Å². The zero-order valence-corrected chi connectivity index (χ0v) is 18.5. The fourth-order valence-electron chi connectivity index (χ4n) is 4.70. The SMILES string of the molecule is CC1=CC2=C(Br)C3=C(CC2=C1CCC1C(C)=Cc2c(Br)cccc21)OCO3. The van der Waals surface area contributed by atoms with Crippen LogP contribution in [0.15, 0.2) is 72.6 Å². The Balaban J connectivity index is 1.44. The van der Waals surface area contributed by atoms with Crippen LogP contribution in [0.1, 0.15) is 50.2 Å². The number of hydrogen-bond donors (Lipinski definition) is 0. The van der Waals surface area contributed by atoms with E-state index in [9.17, 15) is 0 Å². The Hall–Kier alpha value is -1.52. The zero-order valence-electron chi connectivity index (χ0n) is 15.4. The van der Waals surface area contributed by atoms with Gasteiger partial charge < -0.3 is 9.47 Å². The summed E-state index contributed by atoms with van der Waals surface area (Å²) in [6, 6.07) is 6.55. The Labute approximate surface area is 176 Å². The lowest BCUT2D eigenvalue weighted by Crippen LogP contribution is -2.04. The van der Waals surface area contributed by atoms with Crippen molar-refractivity contribution in [3.63, 3.8) is 0 Å². The van der Waals surface area contributed by atoms with Crippen LogP contribution in [-0.2, 0) is 9.47 Å². The first-order chi connectivity index (χ1) is 13.0. The molecule has 5 rings (SSSR count). The second-order valence-electron chi connectivity index (χ2n) is 7.57. The molecule has 0 radical (unpaired) electrons. The average Bonchev–Trinajstić information content (AvgIpc) is 3.31. The van der Waals surface area contributed by atoms with Crippen LogP contribution in [0.2, 0.25) is 0 Å². The molecule has 1 aromatic carbocycles. The molecule has 1 aromatic rings. The van der Waals surface area contributed by atoms with Crippen LogP contribution >= 0.6 is 31.9 Å². The second kappa shape index (κ2) is 6.52. The summed E-state index contributed by atoms with van der Waals surface area (Å²) in [6.07, 6.45) is 7.67. The van der Waals surface area contributed by atoms with Crippen LogP contribution in [0.4, 0.5) is 0 Å². The lowest BCUT2D eigenvalue weighted by atomic mass is 9.87. The van der Waals surface area contributed by atoms with E-state index >= 15 is 0 Å². The second-order valence-corrected chi connectivity index (χ2v) is 9.22. The molecule has 4 aliphatic rings.